The van der Waals surface area contributed by atoms with Gasteiger partial charge in [0, 0.05) is 36.2 Å². The van der Waals surface area contributed by atoms with E-state index in [1.807, 2.05) is 6.07 Å². The summed E-state index contributed by atoms with van der Waals surface area (Å²) in [7, 11) is 0. The van der Waals surface area contributed by atoms with Gasteiger partial charge in [0.05, 0.1) is 23.1 Å². The topological polar surface area (TPSA) is 125 Å². The van der Waals surface area contributed by atoms with Crippen molar-refractivity contribution in [2.24, 2.45) is 0 Å². The Balaban J connectivity index is 1.87. The number of rotatable bonds is 7. The number of nitro benzene ring substituents is 1. The van der Waals surface area contributed by atoms with Gasteiger partial charge in [0.2, 0.25) is 0 Å². The molecule has 0 aliphatic carbocycles. The number of anilines is 1. The number of amides is 1. The van der Waals surface area contributed by atoms with Crippen LogP contribution in [-0.4, -0.2) is 28.3 Å². The molecule has 1 aliphatic heterocycles. The van der Waals surface area contributed by atoms with E-state index in [9.17, 15) is 24.8 Å². The summed E-state index contributed by atoms with van der Waals surface area (Å²) < 4.78 is 0. The average Bonchev–Trinajstić information content (AvgIpc) is 2.90. The molecular formula is C20H17N3O5. The zero-order chi connectivity index (χ0) is 20.3. The van der Waals surface area contributed by atoms with Crippen molar-refractivity contribution in [3.8, 4) is 6.07 Å². The maximum absolute atomic E-state index is 12.9. The molecule has 0 aromatic heterocycles. The van der Waals surface area contributed by atoms with Gasteiger partial charge in [-0.25, -0.2) is 0 Å². The first kappa shape index (κ1) is 19.2. The van der Waals surface area contributed by atoms with Crippen molar-refractivity contribution in [2.75, 3.05) is 11.4 Å². The number of hydrogen-bond acceptors (Lipinski definition) is 6. The average molecular weight is 379 g/mol. The number of para-hydroxylation sites is 1. The SMILES string of the molecule is N#CCCCN1C(=O)C(O)(CC(=O)c2ccc([N+](=O)[O-])cc2)c2ccccc21. The standard InChI is InChI=1S/C20H17N3O5/c21-11-3-4-12-22-17-6-2-1-5-16(17)20(26,19(22)25)13-18(24)14-7-9-15(10-8-14)23(27)28/h1-2,5-10,26H,3-4,12-13H2. The van der Waals surface area contributed by atoms with Crippen LogP contribution in [0.25, 0.3) is 0 Å². The predicted octanol–water partition coefficient (Wildman–Crippen LogP) is 2.71. The number of carbonyl (C=O) groups is 2. The van der Waals surface area contributed by atoms with Crippen LogP contribution in [0.15, 0.2) is 48.5 Å². The summed E-state index contributed by atoms with van der Waals surface area (Å²) in [6, 6.07) is 13.7. The predicted molar refractivity (Wildman–Crippen MR) is 99.6 cm³/mol. The number of non-ortho nitro benzene ring substituents is 1. The van der Waals surface area contributed by atoms with Crippen molar-refractivity contribution < 1.29 is 19.6 Å². The van der Waals surface area contributed by atoms with E-state index < -0.39 is 28.6 Å². The van der Waals surface area contributed by atoms with Gasteiger partial charge in [-0.1, -0.05) is 18.2 Å². The molecule has 3 rings (SSSR count). The Hall–Kier alpha value is -3.57. The molecule has 0 fully saturated rings. The molecule has 1 amide bonds. The van der Waals surface area contributed by atoms with Gasteiger partial charge in [-0.2, -0.15) is 5.26 Å². The smallest absolute Gasteiger partial charge is 0.269 e. The molecule has 28 heavy (non-hydrogen) atoms. The fraction of sp³-hybridized carbons (Fsp3) is 0.250. The quantitative estimate of drug-likeness (QED) is 0.341. The van der Waals surface area contributed by atoms with E-state index in [1.165, 1.54) is 29.2 Å². The Morgan fingerprint density at radius 1 is 1.21 bits per heavy atom. The van der Waals surface area contributed by atoms with E-state index in [0.717, 1.165) is 0 Å². The van der Waals surface area contributed by atoms with Crippen molar-refractivity contribution in [1.29, 1.82) is 5.26 Å². The van der Waals surface area contributed by atoms with Gasteiger partial charge >= 0.3 is 0 Å². The maximum Gasteiger partial charge on any atom is 0.269 e. The number of nitro groups is 1. The van der Waals surface area contributed by atoms with Crippen LogP contribution in [0.4, 0.5) is 11.4 Å². The fourth-order valence-corrected chi connectivity index (χ4v) is 3.32. The largest absolute Gasteiger partial charge is 0.375 e. The minimum absolute atomic E-state index is 0.152. The Bertz CT molecular complexity index is 980. The number of unbranched alkanes of at least 4 members (excludes halogenated alkanes) is 1. The highest BCUT2D eigenvalue weighted by molar-refractivity contribution is 6.10. The van der Waals surface area contributed by atoms with E-state index in [0.29, 0.717) is 17.7 Å². The van der Waals surface area contributed by atoms with Crippen LogP contribution in [0.2, 0.25) is 0 Å². The molecule has 1 heterocycles. The molecule has 2 aromatic rings. The third-order valence-corrected chi connectivity index (χ3v) is 4.73. The molecule has 1 atom stereocenters. The Morgan fingerprint density at radius 3 is 2.54 bits per heavy atom. The molecule has 8 nitrogen and oxygen atoms in total. The van der Waals surface area contributed by atoms with Crippen LogP contribution >= 0.6 is 0 Å². The van der Waals surface area contributed by atoms with Crippen LogP contribution in [-0.2, 0) is 10.4 Å². The number of fused-ring (bicyclic) bond motifs is 1. The lowest BCUT2D eigenvalue weighted by Gasteiger charge is -2.22. The number of nitriles is 1. The van der Waals surface area contributed by atoms with Crippen molar-refractivity contribution >= 4 is 23.1 Å². The Morgan fingerprint density at radius 2 is 1.89 bits per heavy atom. The number of nitrogens with zero attached hydrogens (tertiary/aromatic N) is 3. The molecular weight excluding hydrogens is 362 g/mol. The first-order chi connectivity index (χ1) is 13.4. The minimum atomic E-state index is -2.01. The molecule has 2 aromatic carbocycles. The summed E-state index contributed by atoms with van der Waals surface area (Å²) >= 11 is 0. The maximum atomic E-state index is 12.9. The monoisotopic (exact) mass is 379 g/mol. The van der Waals surface area contributed by atoms with E-state index in [-0.39, 0.29) is 24.2 Å². The molecule has 0 bridgehead atoms. The second kappa shape index (κ2) is 7.58. The third kappa shape index (κ3) is 3.35. The molecule has 1 unspecified atom stereocenters. The lowest BCUT2D eigenvalue weighted by Crippen LogP contribution is -2.42. The van der Waals surface area contributed by atoms with Gasteiger partial charge in [-0.15, -0.1) is 0 Å². The highest BCUT2D eigenvalue weighted by Gasteiger charge is 2.50. The zero-order valence-electron chi connectivity index (χ0n) is 14.9. The van der Waals surface area contributed by atoms with E-state index in [1.54, 1.807) is 24.3 Å². The van der Waals surface area contributed by atoms with Crippen LogP contribution < -0.4 is 4.90 Å². The highest BCUT2D eigenvalue weighted by atomic mass is 16.6. The molecule has 0 spiro atoms. The van der Waals surface area contributed by atoms with E-state index in [2.05, 4.69) is 0 Å². The third-order valence-electron chi connectivity index (χ3n) is 4.73. The van der Waals surface area contributed by atoms with Gasteiger partial charge in [0.25, 0.3) is 11.6 Å². The number of carbonyl (C=O) groups excluding carboxylic acids is 2. The van der Waals surface area contributed by atoms with E-state index >= 15 is 0 Å². The molecule has 0 radical (unpaired) electrons. The molecule has 142 valence electrons. The number of benzene rings is 2. The summed E-state index contributed by atoms with van der Waals surface area (Å²) in [6.07, 6.45) is 0.241. The first-order valence-corrected chi connectivity index (χ1v) is 8.67. The van der Waals surface area contributed by atoms with Crippen LogP contribution in [0.3, 0.4) is 0 Å². The first-order valence-electron chi connectivity index (χ1n) is 8.67. The van der Waals surface area contributed by atoms with Gasteiger partial charge in [0.1, 0.15) is 0 Å². The zero-order valence-corrected chi connectivity index (χ0v) is 14.9. The number of ketones is 1. The molecule has 0 saturated carbocycles. The van der Waals surface area contributed by atoms with Gasteiger partial charge < -0.3 is 10.0 Å². The van der Waals surface area contributed by atoms with Crippen LogP contribution in [0.1, 0.15) is 35.2 Å². The molecule has 8 heteroatoms. The van der Waals surface area contributed by atoms with Gasteiger partial charge in [0.15, 0.2) is 11.4 Å². The normalized spacial score (nSPS) is 17.9. The van der Waals surface area contributed by atoms with Gasteiger partial charge in [-0.3, -0.25) is 19.7 Å². The van der Waals surface area contributed by atoms with Crippen LogP contribution in [0.5, 0.6) is 0 Å². The molecule has 1 aliphatic rings. The van der Waals surface area contributed by atoms with Crippen molar-refractivity contribution in [3.63, 3.8) is 0 Å². The van der Waals surface area contributed by atoms with Crippen LogP contribution in [0, 0.1) is 21.4 Å². The summed E-state index contributed by atoms with van der Waals surface area (Å²) in [5, 5.41) is 30.6. The van der Waals surface area contributed by atoms with E-state index in [4.69, 9.17) is 5.26 Å². The van der Waals surface area contributed by atoms with Crippen molar-refractivity contribution in [3.05, 3.63) is 69.8 Å². The number of aliphatic hydroxyl groups is 1. The summed E-state index contributed by atoms with van der Waals surface area (Å²) in [5.41, 5.74) is -1.13. The minimum Gasteiger partial charge on any atom is -0.375 e. The summed E-state index contributed by atoms with van der Waals surface area (Å²) in [4.78, 5) is 37.2. The lowest BCUT2D eigenvalue weighted by molar-refractivity contribution is -0.384. The highest BCUT2D eigenvalue weighted by Crippen LogP contribution is 2.42. The molecule has 0 saturated heterocycles. The Labute approximate surface area is 160 Å². The second-order valence-electron chi connectivity index (χ2n) is 6.50. The molecule has 1 N–H and O–H groups in total. The van der Waals surface area contributed by atoms with Crippen molar-refractivity contribution in [1.82, 2.24) is 0 Å². The second-order valence-corrected chi connectivity index (χ2v) is 6.50. The summed E-state index contributed by atoms with van der Waals surface area (Å²) in [5.74, 6) is -1.11. The number of Topliss-reactive ketones (excluding diaryl/α,β-unsaturated/α-hetero) is 1. The Kier molecular flexibility index (Phi) is 5.20. The fourth-order valence-electron chi connectivity index (χ4n) is 3.32. The van der Waals surface area contributed by atoms with Gasteiger partial charge in [-0.05, 0) is 24.6 Å². The summed E-state index contributed by atoms with van der Waals surface area (Å²) in [6.45, 7) is 0.261. The lowest BCUT2D eigenvalue weighted by atomic mass is 9.88. The number of hydrogen-bond donors (Lipinski definition) is 1. The van der Waals surface area contributed by atoms with Crippen molar-refractivity contribution in [2.45, 2.75) is 24.9 Å².